The Morgan fingerprint density at radius 3 is 2.65 bits per heavy atom. The van der Waals surface area contributed by atoms with E-state index in [0.29, 0.717) is 24.1 Å². The molecule has 0 amide bonds. The molecule has 166 valence electrons. The Morgan fingerprint density at radius 1 is 1.13 bits per heavy atom. The van der Waals surface area contributed by atoms with Crippen molar-refractivity contribution in [3.05, 3.63) is 65.5 Å². The van der Waals surface area contributed by atoms with Gasteiger partial charge in [-0.25, -0.2) is 4.39 Å². The predicted octanol–water partition coefficient (Wildman–Crippen LogP) is 4.75. The third-order valence-corrected chi connectivity index (χ3v) is 5.87. The number of rotatable bonds is 10. The quantitative estimate of drug-likeness (QED) is 0.364. The number of nitrogens with zero attached hydrogens (tertiary/aromatic N) is 1. The van der Waals surface area contributed by atoms with Gasteiger partial charge in [0.2, 0.25) is 0 Å². The molecule has 2 aromatic carbocycles. The number of aliphatic carboxylic acids is 1. The van der Waals surface area contributed by atoms with Crippen molar-refractivity contribution in [3.8, 4) is 0 Å². The summed E-state index contributed by atoms with van der Waals surface area (Å²) in [5.41, 5.74) is 3.53. The van der Waals surface area contributed by atoms with Gasteiger partial charge in [0.25, 0.3) is 0 Å². The van der Waals surface area contributed by atoms with E-state index in [1.54, 1.807) is 12.1 Å². The Kier molecular flexibility index (Phi) is 8.79. The van der Waals surface area contributed by atoms with E-state index in [-0.39, 0.29) is 12.2 Å². The van der Waals surface area contributed by atoms with Crippen LogP contribution < -0.4 is 10.6 Å². The van der Waals surface area contributed by atoms with Crippen LogP contribution in [0.1, 0.15) is 49.3 Å². The van der Waals surface area contributed by atoms with Gasteiger partial charge in [-0.2, -0.15) is 0 Å². The number of thiocarbonyl (C=S) groups is 1. The van der Waals surface area contributed by atoms with Crippen LogP contribution in [-0.2, 0) is 11.2 Å². The first-order chi connectivity index (χ1) is 15.0. The summed E-state index contributed by atoms with van der Waals surface area (Å²) in [6.45, 7) is 2.34. The zero-order valence-electron chi connectivity index (χ0n) is 17.6. The van der Waals surface area contributed by atoms with E-state index >= 15 is 0 Å². The van der Waals surface area contributed by atoms with Crippen molar-refractivity contribution in [2.75, 3.05) is 25.0 Å². The first-order valence-electron chi connectivity index (χ1n) is 10.9. The summed E-state index contributed by atoms with van der Waals surface area (Å²) >= 11 is 5.33. The molecule has 1 aliphatic carbocycles. The highest BCUT2D eigenvalue weighted by Gasteiger charge is 2.25. The minimum Gasteiger partial charge on any atom is -0.481 e. The molecule has 1 atom stereocenters. The number of anilines is 1. The summed E-state index contributed by atoms with van der Waals surface area (Å²) in [7, 11) is 0. The number of fused-ring (bicyclic) bond motifs is 1. The lowest BCUT2D eigenvalue weighted by molar-refractivity contribution is -0.137. The molecule has 0 spiro atoms. The van der Waals surface area contributed by atoms with Gasteiger partial charge < -0.3 is 15.7 Å². The van der Waals surface area contributed by atoms with Gasteiger partial charge in [-0.05, 0) is 86.3 Å². The van der Waals surface area contributed by atoms with E-state index in [0.717, 1.165) is 44.5 Å². The Balaban J connectivity index is 1.52. The smallest absolute Gasteiger partial charge is 0.303 e. The maximum atomic E-state index is 13.0. The number of hydrogen-bond donors (Lipinski definition) is 3. The molecule has 0 saturated heterocycles. The molecule has 3 N–H and O–H groups in total. The highest BCUT2D eigenvalue weighted by molar-refractivity contribution is 7.80. The van der Waals surface area contributed by atoms with Crippen LogP contribution in [0.5, 0.6) is 0 Å². The van der Waals surface area contributed by atoms with Gasteiger partial charge in [0.15, 0.2) is 5.11 Å². The summed E-state index contributed by atoms with van der Waals surface area (Å²) in [4.78, 5) is 13.4. The lowest BCUT2D eigenvalue weighted by Crippen LogP contribution is -2.36. The number of hydrogen-bond acceptors (Lipinski definition) is 3. The average molecular weight is 444 g/mol. The lowest BCUT2D eigenvalue weighted by Gasteiger charge is -2.36. The zero-order chi connectivity index (χ0) is 22.1. The van der Waals surface area contributed by atoms with Crippen LogP contribution in [0.15, 0.2) is 48.5 Å². The van der Waals surface area contributed by atoms with Gasteiger partial charge in [-0.3, -0.25) is 9.69 Å². The van der Waals surface area contributed by atoms with E-state index in [1.807, 2.05) is 0 Å². The van der Waals surface area contributed by atoms with Gasteiger partial charge in [0.1, 0.15) is 5.82 Å². The monoisotopic (exact) mass is 443 g/mol. The number of nitrogens with one attached hydrogen (secondary N) is 2. The fourth-order valence-corrected chi connectivity index (χ4v) is 4.38. The van der Waals surface area contributed by atoms with Gasteiger partial charge >= 0.3 is 5.97 Å². The van der Waals surface area contributed by atoms with Gasteiger partial charge in [0, 0.05) is 31.2 Å². The molecule has 0 saturated carbocycles. The molecule has 0 aromatic heterocycles. The van der Waals surface area contributed by atoms with Gasteiger partial charge in [-0.1, -0.05) is 24.3 Å². The van der Waals surface area contributed by atoms with E-state index in [4.69, 9.17) is 17.3 Å². The van der Waals surface area contributed by atoms with Crippen molar-refractivity contribution in [1.82, 2.24) is 10.2 Å². The summed E-state index contributed by atoms with van der Waals surface area (Å²) < 4.78 is 13.0. The fourth-order valence-electron chi connectivity index (χ4n) is 4.16. The van der Waals surface area contributed by atoms with E-state index < -0.39 is 5.97 Å². The average Bonchev–Trinajstić information content (AvgIpc) is 2.76. The number of carboxylic acid groups (broad SMARTS) is 1. The molecule has 2 aromatic rings. The molecule has 31 heavy (non-hydrogen) atoms. The van der Waals surface area contributed by atoms with Crippen LogP contribution in [0.2, 0.25) is 0 Å². The molecular weight excluding hydrogens is 413 g/mol. The molecule has 7 heteroatoms. The summed E-state index contributed by atoms with van der Waals surface area (Å²) in [6.07, 6.45) is 5.08. The maximum absolute atomic E-state index is 13.0. The van der Waals surface area contributed by atoms with Crippen molar-refractivity contribution in [1.29, 1.82) is 0 Å². The minimum atomic E-state index is -0.747. The van der Waals surface area contributed by atoms with Crippen LogP contribution >= 0.6 is 12.2 Å². The SMILES string of the molecule is O=C(O)CCCN(CCCNC(=S)Nc1ccc(F)cc1)C1CCCc2ccccc21. The molecule has 5 nitrogen and oxygen atoms in total. The molecule has 3 rings (SSSR count). The summed E-state index contributed by atoms with van der Waals surface area (Å²) in [5, 5.41) is 15.8. The zero-order valence-corrected chi connectivity index (χ0v) is 18.5. The van der Waals surface area contributed by atoms with Crippen molar-refractivity contribution in [3.63, 3.8) is 0 Å². The van der Waals surface area contributed by atoms with Crippen molar-refractivity contribution >= 4 is 29.0 Å². The second kappa shape index (κ2) is 11.8. The molecule has 1 unspecified atom stereocenters. The standard InChI is InChI=1S/C24H30FN3O2S/c25-19-11-13-20(14-12-19)27-24(31)26-15-5-17-28(16-4-10-23(29)30)22-9-3-7-18-6-1-2-8-21(18)22/h1-2,6,8,11-14,22H,3-5,7,9-10,15-17H2,(H,29,30)(H2,26,27,31). The number of carboxylic acids is 1. The third-order valence-electron chi connectivity index (χ3n) is 5.62. The van der Waals surface area contributed by atoms with E-state index in [9.17, 15) is 9.18 Å². The van der Waals surface area contributed by atoms with Crippen molar-refractivity contribution in [2.24, 2.45) is 0 Å². The highest BCUT2D eigenvalue weighted by atomic mass is 32.1. The Hall–Kier alpha value is -2.51. The Bertz CT molecular complexity index is 875. The Labute approximate surface area is 188 Å². The Morgan fingerprint density at radius 2 is 1.87 bits per heavy atom. The van der Waals surface area contributed by atoms with Crippen LogP contribution in [0.3, 0.4) is 0 Å². The topological polar surface area (TPSA) is 64.6 Å². The number of halogens is 1. The predicted molar refractivity (Wildman–Crippen MR) is 126 cm³/mol. The molecule has 0 bridgehead atoms. The summed E-state index contributed by atoms with van der Waals surface area (Å²) in [5.74, 6) is -1.03. The normalized spacial score (nSPS) is 15.4. The number of aryl methyl sites for hydroxylation is 1. The second-order valence-corrected chi connectivity index (χ2v) is 8.29. The number of benzene rings is 2. The lowest BCUT2D eigenvalue weighted by atomic mass is 9.86. The maximum Gasteiger partial charge on any atom is 0.303 e. The van der Waals surface area contributed by atoms with Gasteiger partial charge in [0.05, 0.1) is 0 Å². The largest absolute Gasteiger partial charge is 0.481 e. The second-order valence-electron chi connectivity index (χ2n) is 7.88. The fraction of sp³-hybridized carbons (Fsp3) is 0.417. The first-order valence-corrected chi connectivity index (χ1v) is 11.3. The minimum absolute atomic E-state index is 0.189. The van der Waals surface area contributed by atoms with E-state index in [2.05, 4.69) is 39.8 Å². The summed E-state index contributed by atoms with van der Waals surface area (Å²) in [6, 6.07) is 15.0. The number of carbonyl (C=O) groups is 1. The van der Waals surface area contributed by atoms with Crippen molar-refractivity contribution in [2.45, 2.75) is 44.6 Å². The van der Waals surface area contributed by atoms with Crippen molar-refractivity contribution < 1.29 is 14.3 Å². The van der Waals surface area contributed by atoms with Crippen LogP contribution in [0.4, 0.5) is 10.1 Å². The van der Waals surface area contributed by atoms with Crippen LogP contribution in [-0.4, -0.2) is 40.7 Å². The third kappa shape index (κ3) is 7.29. The van der Waals surface area contributed by atoms with Crippen LogP contribution in [0, 0.1) is 5.82 Å². The van der Waals surface area contributed by atoms with E-state index in [1.165, 1.54) is 23.3 Å². The molecule has 1 aliphatic rings. The van der Waals surface area contributed by atoms with Gasteiger partial charge in [-0.15, -0.1) is 0 Å². The molecule has 0 aliphatic heterocycles. The molecule has 0 fully saturated rings. The molecular formula is C24H30FN3O2S. The molecule has 0 heterocycles. The van der Waals surface area contributed by atoms with Crippen LogP contribution in [0.25, 0.3) is 0 Å². The first kappa shape index (κ1) is 23.2. The highest BCUT2D eigenvalue weighted by Crippen LogP contribution is 2.34. The molecule has 0 radical (unpaired) electrons.